The lowest BCUT2D eigenvalue weighted by Crippen LogP contribution is -2.20. The second kappa shape index (κ2) is 7.15. The van der Waals surface area contributed by atoms with Crippen LogP contribution < -0.4 is 10.6 Å². The molecule has 3 aromatic rings. The first-order valence-corrected chi connectivity index (χ1v) is 7.46. The van der Waals surface area contributed by atoms with Gasteiger partial charge >= 0.3 is 6.03 Å². The predicted molar refractivity (Wildman–Crippen MR) is 90.9 cm³/mol. The highest BCUT2D eigenvalue weighted by atomic mass is 16.2. The molecule has 1 aromatic carbocycles. The largest absolute Gasteiger partial charge is 0.324 e. The van der Waals surface area contributed by atoms with Crippen LogP contribution in [0.25, 0.3) is 5.69 Å². The molecule has 7 heteroatoms. The fourth-order valence-electron chi connectivity index (χ4n) is 2.25. The van der Waals surface area contributed by atoms with Crippen LogP contribution in [0, 0.1) is 11.3 Å². The molecule has 0 atom stereocenters. The standard InChI is InChI=1S/C17H16N6O/c18-8-4-11-23-12-7-16(21-23)20-17(24)19-14-5-3-6-15(13-14)22-9-1-2-10-22/h1-3,5-7,9-10,12-13H,4,11H2,(H2,19,20,21,24). The Labute approximate surface area is 139 Å². The molecule has 0 saturated carbocycles. The number of hydrogen-bond acceptors (Lipinski definition) is 3. The Kier molecular flexibility index (Phi) is 4.58. The molecule has 0 unspecified atom stereocenters. The first kappa shape index (κ1) is 15.4. The average Bonchev–Trinajstić information content (AvgIpc) is 3.25. The number of amides is 2. The highest BCUT2D eigenvalue weighted by Gasteiger charge is 2.06. The van der Waals surface area contributed by atoms with Crippen molar-refractivity contribution in [3.63, 3.8) is 0 Å². The van der Waals surface area contributed by atoms with Crippen LogP contribution in [0.15, 0.2) is 61.1 Å². The second-order valence-electron chi connectivity index (χ2n) is 5.09. The summed E-state index contributed by atoms with van der Waals surface area (Å²) in [6.07, 6.45) is 5.97. The van der Waals surface area contributed by atoms with E-state index in [-0.39, 0.29) is 6.03 Å². The lowest BCUT2D eigenvalue weighted by atomic mass is 10.3. The molecular weight excluding hydrogens is 304 g/mol. The monoisotopic (exact) mass is 320 g/mol. The van der Waals surface area contributed by atoms with Gasteiger partial charge < -0.3 is 9.88 Å². The number of aryl methyl sites for hydroxylation is 1. The van der Waals surface area contributed by atoms with Crippen LogP contribution in [0.5, 0.6) is 0 Å². The van der Waals surface area contributed by atoms with Gasteiger partial charge in [-0.05, 0) is 30.3 Å². The quantitative estimate of drug-likeness (QED) is 0.756. The number of urea groups is 1. The molecule has 0 aliphatic carbocycles. The summed E-state index contributed by atoms with van der Waals surface area (Å²) in [6, 6.07) is 14.8. The number of carbonyl (C=O) groups is 1. The molecule has 0 radical (unpaired) electrons. The van der Waals surface area contributed by atoms with Gasteiger partial charge in [0.25, 0.3) is 0 Å². The molecule has 0 spiro atoms. The topological polar surface area (TPSA) is 87.7 Å². The Morgan fingerprint density at radius 2 is 1.96 bits per heavy atom. The highest BCUT2D eigenvalue weighted by Crippen LogP contribution is 2.15. The van der Waals surface area contributed by atoms with Gasteiger partial charge in [0.15, 0.2) is 5.82 Å². The number of anilines is 2. The van der Waals surface area contributed by atoms with Crippen LogP contribution in [0.1, 0.15) is 6.42 Å². The summed E-state index contributed by atoms with van der Waals surface area (Å²) in [7, 11) is 0. The van der Waals surface area contributed by atoms with Crippen LogP contribution in [0.4, 0.5) is 16.3 Å². The number of nitrogens with zero attached hydrogens (tertiary/aromatic N) is 4. The van der Waals surface area contributed by atoms with E-state index in [1.54, 1.807) is 16.9 Å². The molecule has 0 bridgehead atoms. The van der Waals surface area contributed by atoms with Gasteiger partial charge in [0, 0.05) is 36.0 Å². The zero-order valence-electron chi connectivity index (χ0n) is 12.9. The van der Waals surface area contributed by atoms with Crippen molar-refractivity contribution in [2.24, 2.45) is 0 Å². The van der Waals surface area contributed by atoms with E-state index in [1.165, 1.54) is 0 Å². The van der Waals surface area contributed by atoms with Crippen molar-refractivity contribution in [3.8, 4) is 11.8 Å². The van der Waals surface area contributed by atoms with Crippen LogP contribution in [-0.4, -0.2) is 20.4 Å². The first-order valence-electron chi connectivity index (χ1n) is 7.46. The SMILES string of the molecule is N#CCCn1ccc(NC(=O)Nc2cccc(-n3cccc3)c2)n1. The minimum atomic E-state index is -0.370. The summed E-state index contributed by atoms with van der Waals surface area (Å²) in [5, 5.41) is 18.2. The molecule has 120 valence electrons. The summed E-state index contributed by atoms with van der Waals surface area (Å²) in [5.41, 5.74) is 1.64. The van der Waals surface area contributed by atoms with Gasteiger partial charge in [0.2, 0.25) is 0 Å². The number of nitrogens with one attached hydrogen (secondary N) is 2. The van der Waals surface area contributed by atoms with Crippen molar-refractivity contribution in [1.29, 1.82) is 5.26 Å². The maximum Gasteiger partial charge on any atom is 0.324 e. The molecular formula is C17H16N6O. The van der Waals surface area contributed by atoms with Gasteiger partial charge in [-0.2, -0.15) is 10.4 Å². The van der Waals surface area contributed by atoms with Crippen LogP contribution in [-0.2, 0) is 6.54 Å². The van der Waals surface area contributed by atoms with E-state index < -0.39 is 0 Å². The van der Waals surface area contributed by atoms with Crippen LogP contribution >= 0.6 is 0 Å². The van der Waals surface area contributed by atoms with E-state index in [2.05, 4.69) is 21.8 Å². The second-order valence-corrected chi connectivity index (χ2v) is 5.09. The Balaban J connectivity index is 1.62. The van der Waals surface area contributed by atoms with E-state index in [0.717, 1.165) is 5.69 Å². The van der Waals surface area contributed by atoms with E-state index in [1.807, 2.05) is 53.4 Å². The Hall–Kier alpha value is -3.53. The van der Waals surface area contributed by atoms with Gasteiger partial charge in [0.05, 0.1) is 19.0 Å². The fraction of sp³-hybridized carbons (Fsp3) is 0.118. The molecule has 0 aliphatic rings. The predicted octanol–water partition coefficient (Wildman–Crippen LogP) is 3.23. The van der Waals surface area contributed by atoms with Crippen LogP contribution in [0.2, 0.25) is 0 Å². The van der Waals surface area contributed by atoms with Gasteiger partial charge in [-0.3, -0.25) is 10.00 Å². The lowest BCUT2D eigenvalue weighted by Gasteiger charge is -2.08. The van der Waals surface area contributed by atoms with Crippen LogP contribution in [0.3, 0.4) is 0 Å². The van der Waals surface area contributed by atoms with Gasteiger partial charge in [-0.1, -0.05) is 6.07 Å². The van der Waals surface area contributed by atoms with E-state index >= 15 is 0 Å². The summed E-state index contributed by atoms with van der Waals surface area (Å²) in [4.78, 5) is 12.1. The Morgan fingerprint density at radius 1 is 1.12 bits per heavy atom. The summed E-state index contributed by atoms with van der Waals surface area (Å²) >= 11 is 0. The third kappa shape index (κ3) is 3.81. The van der Waals surface area contributed by atoms with E-state index in [0.29, 0.717) is 24.5 Å². The average molecular weight is 320 g/mol. The normalized spacial score (nSPS) is 10.1. The zero-order valence-corrected chi connectivity index (χ0v) is 12.9. The molecule has 0 fully saturated rings. The molecule has 2 N–H and O–H groups in total. The maximum absolute atomic E-state index is 12.1. The minimum absolute atomic E-state index is 0.370. The highest BCUT2D eigenvalue weighted by molar-refractivity contribution is 5.99. The van der Waals surface area contributed by atoms with E-state index in [4.69, 9.17) is 5.26 Å². The third-order valence-corrected chi connectivity index (χ3v) is 3.34. The molecule has 2 aromatic heterocycles. The van der Waals surface area contributed by atoms with Crippen molar-refractivity contribution in [2.75, 3.05) is 10.6 Å². The molecule has 0 saturated heterocycles. The molecule has 7 nitrogen and oxygen atoms in total. The van der Waals surface area contributed by atoms with Crippen molar-refractivity contribution in [1.82, 2.24) is 14.3 Å². The zero-order chi connectivity index (χ0) is 16.8. The molecule has 24 heavy (non-hydrogen) atoms. The van der Waals surface area contributed by atoms with E-state index in [9.17, 15) is 4.79 Å². The third-order valence-electron chi connectivity index (χ3n) is 3.34. The molecule has 2 heterocycles. The van der Waals surface area contributed by atoms with Gasteiger partial charge in [0.1, 0.15) is 0 Å². The minimum Gasteiger partial charge on any atom is -0.324 e. The number of carbonyl (C=O) groups excluding carboxylic acids is 1. The summed E-state index contributed by atoms with van der Waals surface area (Å²) < 4.78 is 3.57. The number of hydrogen-bond donors (Lipinski definition) is 2. The van der Waals surface area contributed by atoms with Crippen molar-refractivity contribution < 1.29 is 4.79 Å². The van der Waals surface area contributed by atoms with Crippen molar-refractivity contribution >= 4 is 17.5 Å². The first-order chi connectivity index (χ1) is 11.7. The number of benzene rings is 1. The van der Waals surface area contributed by atoms with Crippen molar-refractivity contribution in [2.45, 2.75) is 13.0 Å². The number of rotatable bonds is 5. The molecule has 2 amide bonds. The summed E-state index contributed by atoms with van der Waals surface area (Å²) in [6.45, 7) is 0.499. The van der Waals surface area contributed by atoms with Gasteiger partial charge in [-0.15, -0.1) is 0 Å². The van der Waals surface area contributed by atoms with Crippen molar-refractivity contribution in [3.05, 3.63) is 61.1 Å². The Bertz CT molecular complexity index is 859. The molecule has 3 rings (SSSR count). The summed E-state index contributed by atoms with van der Waals surface area (Å²) in [5.74, 6) is 0.437. The van der Waals surface area contributed by atoms with Gasteiger partial charge in [-0.25, -0.2) is 4.79 Å². The number of nitriles is 1. The fourth-order valence-corrected chi connectivity index (χ4v) is 2.25. The smallest absolute Gasteiger partial charge is 0.324 e. The number of aromatic nitrogens is 3. The lowest BCUT2D eigenvalue weighted by molar-refractivity contribution is 0.262. The molecule has 0 aliphatic heterocycles. The Morgan fingerprint density at radius 3 is 2.75 bits per heavy atom. The maximum atomic E-state index is 12.1.